The van der Waals surface area contributed by atoms with Gasteiger partial charge < -0.3 is 5.32 Å². The van der Waals surface area contributed by atoms with E-state index >= 15 is 0 Å². The van der Waals surface area contributed by atoms with Gasteiger partial charge in [-0.2, -0.15) is 0 Å². The predicted molar refractivity (Wildman–Crippen MR) is 89.2 cm³/mol. The van der Waals surface area contributed by atoms with E-state index in [-0.39, 0.29) is 17.9 Å². The Morgan fingerprint density at radius 1 is 1.33 bits per heavy atom. The molecular formula is C17H20N2OS. The molecule has 0 saturated carbocycles. The van der Waals surface area contributed by atoms with Crippen LogP contribution >= 0.6 is 11.8 Å². The molecule has 1 saturated heterocycles. The number of carbonyl (C=O) groups excluding carboxylic acids is 1. The van der Waals surface area contributed by atoms with Gasteiger partial charge in [-0.15, -0.1) is 6.42 Å². The summed E-state index contributed by atoms with van der Waals surface area (Å²) in [4.78, 5) is 16.8. The van der Waals surface area contributed by atoms with E-state index in [1.165, 1.54) is 11.8 Å². The Labute approximate surface area is 130 Å². The van der Waals surface area contributed by atoms with Gasteiger partial charge in [0.25, 0.3) is 0 Å². The lowest BCUT2D eigenvalue weighted by Crippen LogP contribution is -2.38. The van der Waals surface area contributed by atoms with E-state index in [4.69, 9.17) is 6.42 Å². The summed E-state index contributed by atoms with van der Waals surface area (Å²) in [5.74, 6) is 2.95. The molecule has 0 radical (unpaired) electrons. The zero-order chi connectivity index (χ0) is 15.6. The van der Waals surface area contributed by atoms with Gasteiger partial charge in [0, 0.05) is 5.56 Å². The number of thioether (sulfide) groups is 1. The van der Waals surface area contributed by atoms with Crippen LogP contribution in [0.25, 0.3) is 0 Å². The first kappa shape index (κ1) is 15.7. The van der Waals surface area contributed by atoms with Gasteiger partial charge in [-0.1, -0.05) is 49.7 Å². The molecule has 1 aromatic rings. The average molecular weight is 300 g/mol. The summed E-state index contributed by atoms with van der Waals surface area (Å²) in [7, 11) is 0. The van der Waals surface area contributed by atoms with Crippen LogP contribution in [0.4, 0.5) is 0 Å². The number of amidine groups is 1. The lowest BCUT2D eigenvalue weighted by Gasteiger charge is -2.22. The van der Waals surface area contributed by atoms with Gasteiger partial charge in [-0.25, -0.2) is 0 Å². The topological polar surface area (TPSA) is 41.5 Å². The molecule has 1 aromatic carbocycles. The normalized spacial score (nSPS) is 25.0. The van der Waals surface area contributed by atoms with E-state index in [0.29, 0.717) is 5.17 Å². The smallest absolute Gasteiger partial charge is 0.242 e. The number of benzene rings is 1. The summed E-state index contributed by atoms with van der Waals surface area (Å²) in [6, 6.07) is 7.67. The highest BCUT2D eigenvalue weighted by Crippen LogP contribution is 2.38. The Morgan fingerprint density at radius 2 is 2.00 bits per heavy atom. The van der Waals surface area contributed by atoms with Crippen molar-refractivity contribution in [1.29, 1.82) is 0 Å². The number of hydrogen-bond acceptors (Lipinski definition) is 3. The van der Waals surface area contributed by atoms with Crippen molar-refractivity contribution in [3.05, 3.63) is 35.4 Å². The molecule has 21 heavy (non-hydrogen) atoms. The number of carbonyl (C=O) groups is 1. The maximum absolute atomic E-state index is 12.1. The first-order valence-electron chi connectivity index (χ1n) is 7.02. The number of nitrogens with one attached hydrogen (secondary N) is 1. The standard InChI is InChI=1S/C17H20N2OS/c1-6-13-9-7-8-10-14(13)12(4)18-16-19-15(20)17(5,21-16)11(2)3/h1,7-12H,2-5H3,(H,18,19,20)/t12-,17?/m0/s1. The Morgan fingerprint density at radius 3 is 2.57 bits per heavy atom. The van der Waals surface area contributed by atoms with Crippen molar-refractivity contribution >= 4 is 22.8 Å². The molecule has 4 heteroatoms. The third-order valence-electron chi connectivity index (χ3n) is 3.96. The maximum atomic E-state index is 12.1. The van der Waals surface area contributed by atoms with Gasteiger partial charge >= 0.3 is 0 Å². The fourth-order valence-electron chi connectivity index (χ4n) is 2.17. The second-order valence-electron chi connectivity index (χ2n) is 5.66. The van der Waals surface area contributed by atoms with Gasteiger partial charge in [0.15, 0.2) is 5.17 Å². The van der Waals surface area contributed by atoms with Crippen molar-refractivity contribution < 1.29 is 4.79 Å². The van der Waals surface area contributed by atoms with Crippen LogP contribution < -0.4 is 5.32 Å². The third-order valence-corrected chi connectivity index (χ3v) is 5.44. The Hall–Kier alpha value is -1.73. The molecule has 1 aliphatic heterocycles. The minimum Gasteiger partial charge on any atom is -0.304 e. The second-order valence-corrected chi connectivity index (χ2v) is 7.10. The minimum atomic E-state index is -0.454. The van der Waals surface area contributed by atoms with Crippen LogP contribution in [0.3, 0.4) is 0 Å². The molecular weight excluding hydrogens is 280 g/mol. The van der Waals surface area contributed by atoms with E-state index in [9.17, 15) is 4.79 Å². The first-order chi connectivity index (χ1) is 9.88. The summed E-state index contributed by atoms with van der Waals surface area (Å²) >= 11 is 1.50. The molecule has 1 unspecified atom stereocenters. The molecule has 3 nitrogen and oxygen atoms in total. The van der Waals surface area contributed by atoms with Gasteiger partial charge in [0.1, 0.15) is 4.75 Å². The van der Waals surface area contributed by atoms with Crippen LogP contribution in [0.15, 0.2) is 29.3 Å². The largest absolute Gasteiger partial charge is 0.304 e. The van der Waals surface area contributed by atoms with E-state index in [0.717, 1.165) is 11.1 Å². The molecule has 0 aliphatic carbocycles. The molecule has 1 amide bonds. The Bertz CT molecular complexity index is 630. The molecule has 0 bridgehead atoms. The lowest BCUT2D eigenvalue weighted by atomic mass is 9.96. The number of aliphatic imine (C=N–C) groups is 1. The van der Waals surface area contributed by atoms with Gasteiger partial charge in [-0.3, -0.25) is 9.79 Å². The summed E-state index contributed by atoms with van der Waals surface area (Å²) < 4.78 is -0.454. The molecule has 1 fully saturated rings. The number of terminal acetylenes is 1. The summed E-state index contributed by atoms with van der Waals surface area (Å²) in [6.45, 7) is 8.04. The summed E-state index contributed by atoms with van der Waals surface area (Å²) in [5.41, 5.74) is 1.84. The quantitative estimate of drug-likeness (QED) is 0.870. The monoisotopic (exact) mass is 300 g/mol. The van der Waals surface area contributed by atoms with Crippen LogP contribution in [0.1, 0.15) is 44.9 Å². The van der Waals surface area contributed by atoms with Gasteiger partial charge in [0.2, 0.25) is 5.91 Å². The molecule has 1 heterocycles. The maximum Gasteiger partial charge on any atom is 0.242 e. The highest BCUT2D eigenvalue weighted by atomic mass is 32.2. The van der Waals surface area contributed by atoms with E-state index in [2.05, 4.69) is 16.2 Å². The fourth-order valence-corrected chi connectivity index (χ4v) is 3.31. The number of nitrogens with zero attached hydrogens (tertiary/aromatic N) is 1. The Kier molecular flexibility index (Phi) is 4.43. The van der Waals surface area contributed by atoms with Crippen molar-refractivity contribution in [2.75, 3.05) is 0 Å². The highest BCUT2D eigenvalue weighted by molar-refractivity contribution is 8.16. The Balaban J connectivity index is 2.26. The molecule has 0 aromatic heterocycles. The van der Waals surface area contributed by atoms with Gasteiger partial charge in [-0.05, 0) is 31.4 Å². The third kappa shape index (κ3) is 2.98. The predicted octanol–water partition coefficient (Wildman–Crippen LogP) is 3.36. The molecule has 0 spiro atoms. The van der Waals surface area contributed by atoms with E-state index < -0.39 is 4.75 Å². The molecule has 2 rings (SSSR count). The molecule has 1 N–H and O–H groups in total. The molecule has 1 aliphatic rings. The number of hydrogen-bond donors (Lipinski definition) is 1. The zero-order valence-corrected chi connectivity index (χ0v) is 13.6. The van der Waals surface area contributed by atoms with Crippen LogP contribution in [-0.2, 0) is 4.79 Å². The van der Waals surface area contributed by atoms with Crippen molar-refractivity contribution in [3.8, 4) is 12.3 Å². The van der Waals surface area contributed by atoms with Crippen LogP contribution in [-0.4, -0.2) is 15.8 Å². The van der Waals surface area contributed by atoms with Crippen LogP contribution in [0, 0.1) is 18.3 Å². The van der Waals surface area contributed by atoms with Crippen molar-refractivity contribution in [1.82, 2.24) is 5.32 Å². The average Bonchev–Trinajstić information content (AvgIpc) is 2.74. The summed E-state index contributed by atoms with van der Waals surface area (Å²) in [6.07, 6.45) is 5.53. The SMILES string of the molecule is C#Cc1ccccc1[C@H](C)N=C1NC(=O)C(C)(C(C)C)S1. The fraction of sp³-hybridized carbons (Fsp3) is 0.412. The van der Waals surface area contributed by atoms with E-state index in [1.54, 1.807) is 0 Å². The molecule has 2 atom stereocenters. The zero-order valence-electron chi connectivity index (χ0n) is 12.8. The summed E-state index contributed by atoms with van der Waals surface area (Å²) in [5, 5.41) is 3.56. The first-order valence-corrected chi connectivity index (χ1v) is 7.84. The second kappa shape index (κ2) is 5.95. The van der Waals surface area contributed by atoms with E-state index in [1.807, 2.05) is 52.0 Å². The molecule has 110 valence electrons. The lowest BCUT2D eigenvalue weighted by molar-refractivity contribution is -0.122. The number of rotatable bonds is 3. The van der Waals surface area contributed by atoms with Crippen molar-refractivity contribution in [3.63, 3.8) is 0 Å². The highest BCUT2D eigenvalue weighted by Gasteiger charge is 2.45. The van der Waals surface area contributed by atoms with Crippen LogP contribution in [0.2, 0.25) is 0 Å². The van der Waals surface area contributed by atoms with Crippen molar-refractivity contribution in [2.45, 2.75) is 38.5 Å². The number of amides is 1. The van der Waals surface area contributed by atoms with Gasteiger partial charge in [0.05, 0.1) is 6.04 Å². The van der Waals surface area contributed by atoms with Crippen LogP contribution in [0.5, 0.6) is 0 Å². The minimum absolute atomic E-state index is 0.0266. The van der Waals surface area contributed by atoms with Crippen molar-refractivity contribution in [2.24, 2.45) is 10.9 Å².